The molecule has 5 nitrogen and oxygen atoms in total. The largest absolute Gasteiger partial charge is 0.391 e. The zero-order valence-electron chi connectivity index (χ0n) is 13.6. The number of nitrogens with zero attached hydrogens (tertiary/aromatic N) is 1. The van der Waals surface area contributed by atoms with E-state index in [0.29, 0.717) is 50.9 Å². The summed E-state index contributed by atoms with van der Waals surface area (Å²) in [5, 5.41) is 12.6. The lowest BCUT2D eigenvalue weighted by Gasteiger charge is -2.44. The van der Waals surface area contributed by atoms with Gasteiger partial charge in [-0.05, 0) is 37.3 Å². The molecule has 2 aliphatic rings. The minimum Gasteiger partial charge on any atom is -0.391 e. The predicted octanol–water partition coefficient (Wildman–Crippen LogP) is 1.25. The van der Waals surface area contributed by atoms with Crippen LogP contribution in [0.1, 0.15) is 31.2 Å². The van der Waals surface area contributed by atoms with Gasteiger partial charge in [0.15, 0.2) is 0 Å². The normalized spacial score (nSPS) is 23.2. The molecule has 6 heteroatoms. The maximum absolute atomic E-state index is 13.6. The Morgan fingerprint density at radius 2 is 2.04 bits per heavy atom. The van der Waals surface area contributed by atoms with Crippen LogP contribution in [0.15, 0.2) is 24.3 Å². The summed E-state index contributed by atoms with van der Waals surface area (Å²) in [5.41, 5.74) is 0.00842. The van der Waals surface area contributed by atoms with Crippen molar-refractivity contribution in [2.75, 3.05) is 19.6 Å². The van der Waals surface area contributed by atoms with Crippen molar-refractivity contribution >= 4 is 11.8 Å². The Labute approximate surface area is 140 Å². The molecule has 2 N–H and O–H groups in total. The first-order valence-electron chi connectivity index (χ1n) is 8.48. The van der Waals surface area contributed by atoms with Crippen LogP contribution in [0.5, 0.6) is 0 Å². The Kier molecular flexibility index (Phi) is 4.85. The highest BCUT2D eigenvalue weighted by molar-refractivity contribution is 5.84. The van der Waals surface area contributed by atoms with Crippen LogP contribution in [0.4, 0.5) is 4.39 Å². The third kappa shape index (κ3) is 3.43. The zero-order chi connectivity index (χ0) is 17.2. The Morgan fingerprint density at radius 3 is 2.75 bits per heavy atom. The van der Waals surface area contributed by atoms with E-state index in [0.717, 1.165) is 0 Å². The molecule has 2 aliphatic heterocycles. The van der Waals surface area contributed by atoms with E-state index in [-0.39, 0.29) is 24.1 Å². The van der Waals surface area contributed by atoms with E-state index in [4.69, 9.17) is 0 Å². The lowest BCUT2D eigenvalue weighted by atomic mass is 9.71. The fraction of sp³-hybridized carbons (Fsp3) is 0.556. The maximum atomic E-state index is 13.6. The molecule has 3 rings (SSSR count). The van der Waals surface area contributed by atoms with Crippen molar-refractivity contribution in [3.63, 3.8) is 0 Å². The summed E-state index contributed by atoms with van der Waals surface area (Å²) < 4.78 is 13.6. The van der Waals surface area contributed by atoms with Crippen molar-refractivity contribution in [3.8, 4) is 0 Å². The fourth-order valence-electron chi connectivity index (χ4n) is 3.73. The smallest absolute Gasteiger partial charge is 0.226 e. The van der Waals surface area contributed by atoms with E-state index in [2.05, 4.69) is 5.32 Å². The molecule has 1 aromatic rings. The van der Waals surface area contributed by atoms with Gasteiger partial charge in [-0.2, -0.15) is 0 Å². The Hall–Kier alpha value is -1.95. The highest BCUT2D eigenvalue weighted by Gasteiger charge is 2.45. The van der Waals surface area contributed by atoms with E-state index in [1.807, 2.05) is 0 Å². The monoisotopic (exact) mass is 334 g/mol. The average Bonchev–Trinajstić information content (AvgIpc) is 2.58. The molecule has 1 aromatic carbocycles. The van der Waals surface area contributed by atoms with E-state index in [9.17, 15) is 19.1 Å². The third-order valence-electron chi connectivity index (χ3n) is 5.25. The van der Waals surface area contributed by atoms with Crippen molar-refractivity contribution in [2.45, 2.75) is 38.2 Å². The van der Waals surface area contributed by atoms with Crippen molar-refractivity contribution in [3.05, 3.63) is 35.6 Å². The molecule has 0 radical (unpaired) electrons. The number of piperidine rings is 2. The first-order chi connectivity index (χ1) is 11.5. The van der Waals surface area contributed by atoms with Crippen LogP contribution in [-0.4, -0.2) is 47.6 Å². The topological polar surface area (TPSA) is 69.6 Å². The third-order valence-corrected chi connectivity index (χ3v) is 5.25. The van der Waals surface area contributed by atoms with Gasteiger partial charge in [-0.1, -0.05) is 18.2 Å². The number of likely N-dealkylation sites (tertiary alicyclic amines) is 1. The van der Waals surface area contributed by atoms with Crippen LogP contribution in [0.2, 0.25) is 0 Å². The molecule has 2 heterocycles. The number of carbonyl (C=O) groups excluding carboxylic acids is 2. The van der Waals surface area contributed by atoms with E-state index in [1.165, 1.54) is 6.07 Å². The number of carbonyl (C=O) groups is 2. The molecule has 2 amide bonds. The number of halogens is 1. The minimum absolute atomic E-state index is 0.00810. The van der Waals surface area contributed by atoms with Crippen LogP contribution in [0, 0.1) is 11.2 Å². The summed E-state index contributed by atoms with van der Waals surface area (Å²) in [5.74, 6) is -0.299. The van der Waals surface area contributed by atoms with Gasteiger partial charge in [0, 0.05) is 26.1 Å². The van der Waals surface area contributed by atoms with Gasteiger partial charge in [-0.25, -0.2) is 4.39 Å². The summed E-state index contributed by atoms with van der Waals surface area (Å²) in [6.07, 6.45) is 1.75. The fourth-order valence-corrected chi connectivity index (χ4v) is 3.73. The second-order valence-electron chi connectivity index (χ2n) is 6.82. The van der Waals surface area contributed by atoms with Gasteiger partial charge in [0.1, 0.15) is 5.82 Å². The van der Waals surface area contributed by atoms with Crippen LogP contribution in [-0.2, 0) is 16.0 Å². The number of aliphatic hydroxyl groups is 1. The molecule has 2 saturated heterocycles. The quantitative estimate of drug-likeness (QED) is 0.874. The van der Waals surface area contributed by atoms with Gasteiger partial charge in [0.05, 0.1) is 11.5 Å². The number of hydrogen-bond donors (Lipinski definition) is 2. The summed E-state index contributed by atoms with van der Waals surface area (Å²) >= 11 is 0. The molecule has 1 spiro atoms. The second kappa shape index (κ2) is 6.89. The molecule has 1 atom stereocenters. The maximum Gasteiger partial charge on any atom is 0.226 e. The van der Waals surface area contributed by atoms with Gasteiger partial charge < -0.3 is 15.3 Å². The minimum atomic E-state index is -0.542. The molecule has 24 heavy (non-hydrogen) atoms. The van der Waals surface area contributed by atoms with Crippen LogP contribution in [0.3, 0.4) is 0 Å². The summed E-state index contributed by atoms with van der Waals surface area (Å²) in [4.78, 5) is 26.3. The highest BCUT2D eigenvalue weighted by atomic mass is 19.1. The molecular formula is C18H23FN2O3. The van der Waals surface area contributed by atoms with Gasteiger partial charge in [-0.3, -0.25) is 9.59 Å². The predicted molar refractivity (Wildman–Crippen MR) is 86.6 cm³/mol. The molecule has 0 bridgehead atoms. The summed E-state index contributed by atoms with van der Waals surface area (Å²) in [6, 6.07) is 6.49. The van der Waals surface area contributed by atoms with Crippen molar-refractivity contribution in [2.24, 2.45) is 5.41 Å². The first kappa shape index (κ1) is 16.9. The summed E-state index contributed by atoms with van der Waals surface area (Å²) in [6.45, 7) is 1.33. The van der Waals surface area contributed by atoms with Gasteiger partial charge in [-0.15, -0.1) is 0 Å². The Balaban J connectivity index is 1.54. The standard InChI is InChI=1S/C18H23FN2O3/c19-15-4-2-1-3-13(15)5-6-16(23)21-9-7-18(8-10-21)11-14(22)12-20-17(18)24/h1-4,14,22H,5-12H2,(H,20,24)/t14-/m0/s1. The highest BCUT2D eigenvalue weighted by Crippen LogP contribution is 2.38. The van der Waals surface area contributed by atoms with E-state index < -0.39 is 11.5 Å². The van der Waals surface area contributed by atoms with Gasteiger partial charge in [0.25, 0.3) is 0 Å². The number of rotatable bonds is 3. The number of aryl methyl sites for hydroxylation is 1. The van der Waals surface area contributed by atoms with Gasteiger partial charge in [0.2, 0.25) is 11.8 Å². The van der Waals surface area contributed by atoms with Crippen molar-refractivity contribution in [1.29, 1.82) is 0 Å². The van der Waals surface area contributed by atoms with Crippen molar-refractivity contribution in [1.82, 2.24) is 10.2 Å². The molecule has 130 valence electrons. The Bertz CT molecular complexity index is 626. The molecular weight excluding hydrogens is 311 g/mol. The van der Waals surface area contributed by atoms with Crippen LogP contribution >= 0.6 is 0 Å². The van der Waals surface area contributed by atoms with E-state index in [1.54, 1.807) is 23.1 Å². The number of aliphatic hydroxyl groups excluding tert-OH is 1. The molecule has 0 aromatic heterocycles. The lowest BCUT2D eigenvalue weighted by Crippen LogP contribution is -2.56. The SMILES string of the molecule is O=C(CCc1ccccc1F)N1CCC2(CC1)C[C@H](O)CNC2=O. The molecule has 0 saturated carbocycles. The Morgan fingerprint density at radius 1 is 1.33 bits per heavy atom. The second-order valence-corrected chi connectivity index (χ2v) is 6.82. The first-order valence-corrected chi connectivity index (χ1v) is 8.48. The number of amides is 2. The molecule has 0 unspecified atom stereocenters. The average molecular weight is 334 g/mol. The number of β-amino-alcohol motifs (C(OH)–C–C–N with tert-alkyl or cyclic N) is 1. The summed E-state index contributed by atoms with van der Waals surface area (Å²) in [7, 11) is 0. The molecule has 0 aliphatic carbocycles. The number of benzene rings is 1. The lowest BCUT2D eigenvalue weighted by molar-refractivity contribution is -0.145. The molecule has 2 fully saturated rings. The van der Waals surface area contributed by atoms with E-state index >= 15 is 0 Å². The number of hydrogen-bond acceptors (Lipinski definition) is 3. The van der Waals surface area contributed by atoms with Crippen LogP contribution in [0.25, 0.3) is 0 Å². The van der Waals surface area contributed by atoms with Crippen LogP contribution < -0.4 is 5.32 Å². The van der Waals surface area contributed by atoms with Crippen molar-refractivity contribution < 1.29 is 19.1 Å². The number of nitrogens with one attached hydrogen (secondary N) is 1. The van der Waals surface area contributed by atoms with Gasteiger partial charge >= 0.3 is 0 Å². The zero-order valence-corrected chi connectivity index (χ0v) is 13.6.